The summed E-state index contributed by atoms with van der Waals surface area (Å²) < 4.78 is 0. The van der Waals surface area contributed by atoms with Gasteiger partial charge in [-0.25, -0.2) is 9.78 Å². The fraction of sp³-hybridized carbons (Fsp3) is 0.682. The Hall–Kier alpha value is -2.49. The first-order valence-corrected chi connectivity index (χ1v) is 12.3. The number of nitrogens with one attached hydrogen (secondary N) is 2. The van der Waals surface area contributed by atoms with E-state index < -0.39 is 11.6 Å². The highest BCUT2D eigenvalue weighted by molar-refractivity contribution is 7.13. The van der Waals surface area contributed by atoms with E-state index in [4.69, 9.17) is 0 Å². The highest BCUT2D eigenvalue weighted by atomic mass is 32.1. The molecule has 3 heterocycles. The molecule has 10 heteroatoms. The van der Waals surface area contributed by atoms with Crippen LogP contribution in [0.25, 0.3) is 0 Å². The van der Waals surface area contributed by atoms with Crippen molar-refractivity contribution in [3.8, 4) is 0 Å². The molecule has 2 saturated heterocycles. The van der Waals surface area contributed by atoms with Crippen LogP contribution >= 0.6 is 11.3 Å². The van der Waals surface area contributed by atoms with Crippen molar-refractivity contribution in [2.24, 2.45) is 11.8 Å². The normalized spacial score (nSPS) is 26.5. The van der Waals surface area contributed by atoms with Crippen molar-refractivity contribution in [2.45, 2.75) is 64.3 Å². The zero-order chi connectivity index (χ0) is 22.9. The Morgan fingerprint density at radius 1 is 1.22 bits per heavy atom. The van der Waals surface area contributed by atoms with Crippen LogP contribution in [0.4, 0.5) is 9.93 Å². The molecule has 1 aromatic rings. The average Bonchev–Trinajstić information content (AvgIpc) is 3.30. The van der Waals surface area contributed by atoms with Crippen molar-refractivity contribution in [1.29, 1.82) is 0 Å². The van der Waals surface area contributed by atoms with Gasteiger partial charge in [0.2, 0.25) is 11.8 Å². The van der Waals surface area contributed by atoms with Gasteiger partial charge in [-0.2, -0.15) is 0 Å². The van der Waals surface area contributed by atoms with Gasteiger partial charge in [-0.3, -0.25) is 19.3 Å². The second kappa shape index (κ2) is 9.17. The average molecular weight is 462 g/mol. The number of anilines is 1. The van der Waals surface area contributed by atoms with Crippen molar-refractivity contribution in [1.82, 2.24) is 20.1 Å². The number of aromatic nitrogens is 1. The van der Waals surface area contributed by atoms with Crippen LogP contribution in [0.3, 0.4) is 0 Å². The van der Waals surface area contributed by atoms with E-state index in [1.165, 1.54) is 11.3 Å². The zero-order valence-electron chi connectivity index (χ0n) is 18.7. The van der Waals surface area contributed by atoms with E-state index in [0.29, 0.717) is 49.8 Å². The SMILES string of the molecule is CCC1CCC2(CC1)NC(=O)N(CC(=O)N1CCC(C(=O)Nc3nc(C)cs3)CC1)C2=O. The van der Waals surface area contributed by atoms with E-state index in [0.717, 1.165) is 29.9 Å². The van der Waals surface area contributed by atoms with Gasteiger partial charge >= 0.3 is 6.03 Å². The van der Waals surface area contributed by atoms with Gasteiger partial charge in [0.25, 0.3) is 5.91 Å². The number of carbonyl (C=O) groups excluding carboxylic acids is 4. The maximum absolute atomic E-state index is 13.0. The van der Waals surface area contributed by atoms with Crippen molar-refractivity contribution in [3.05, 3.63) is 11.1 Å². The first-order chi connectivity index (χ1) is 15.3. The molecule has 9 nitrogen and oxygen atoms in total. The lowest BCUT2D eigenvalue weighted by molar-refractivity contribution is -0.140. The molecular formula is C22H31N5O4S. The standard InChI is InChI=1S/C22H31N5O4S/c1-3-15-4-8-22(9-5-15)19(30)27(21(31)25-22)12-17(28)26-10-6-16(7-11-26)18(29)24-20-23-14(2)13-32-20/h13,15-16H,3-12H2,1-2H3,(H,25,31)(H,23,24,29). The largest absolute Gasteiger partial charge is 0.341 e. The molecule has 1 saturated carbocycles. The Morgan fingerprint density at radius 2 is 1.91 bits per heavy atom. The number of aryl methyl sites for hydroxylation is 1. The molecule has 1 spiro atoms. The number of hydrogen-bond acceptors (Lipinski definition) is 6. The number of hydrogen-bond donors (Lipinski definition) is 2. The number of likely N-dealkylation sites (tertiary alicyclic amines) is 1. The van der Waals surface area contributed by atoms with Crippen LogP contribution in [-0.4, -0.2) is 63.7 Å². The van der Waals surface area contributed by atoms with Gasteiger partial charge in [0.05, 0.1) is 5.69 Å². The lowest BCUT2D eigenvalue weighted by Crippen LogP contribution is -2.50. The highest BCUT2D eigenvalue weighted by Gasteiger charge is 2.52. The van der Waals surface area contributed by atoms with Crippen LogP contribution in [0.1, 0.15) is 57.6 Å². The monoisotopic (exact) mass is 461 g/mol. The molecule has 2 N–H and O–H groups in total. The molecule has 32 heavy (non-hydrogen) atoms. The minimum atomic E-state index is -0.831. The lowest BCUT2D eigenvalue weighted by atomic mass is 9.75. The van der Waals surface area contributed by atoms with Crippen molar-refractivity contribution in [3.63, 3.8) is 0 Å². The highest BCUT2D eigenvalue weighted by Crippen LogP contribution is 2.37. The van der Waals surface area contributed by atoms with E-state index in [2.05, 4.69) is 22.5 Å². The van der Waals surface area contributed by atoms with Crippen molar-refractivity contribution < 1.29 is 19.2 Å². The van der Waals surface area contributed by atoms with Crippen LogP contribution in [0.15, 0.2) is 5.38 Å². The zero-order valence-corrected chi connectivity index (χ0v) is 19.5. The molecule has 2 aliphatic heterocycles. The third-order valence-corrected chi connectivity index (χ3v) is 8.02. The molecule has 0 bridgehead atoms. The maximum atomic E-state index is 13.0. The number of carbonyl (C=O) groups is 4. The molecule has 3 fully saturated rings. The Kier molecular flexibility index (Phi) is 6.50. The summed E-state index contributed by atoms with van der Waals surface area (Å²) >= 11 is 1.39. The Labute approximate surface area is 191 Å². The fourth-order valence-electron chi connectivity index (χ4n) is 4.98. The molecule has 0 radical (unpaired) electrons. The van der Waals surface area contributed by atoms with E-state index in [1.54, 1.807) is 4.90 Å². The summed E-state index contributed by atoms with van der Waals surface area (Å²) in [6, 6.07) is -0.466. The van der Waals surface area contributed by atoms with Gasteiger partial charge in [0.15, 0.2) is 5.13 Å². The number of piperidine rings is 1. The smallest absolute Gasteiger partial charge is 0.325 e. The predicted molar refractivity (Wildman–Crippen MR) is 120 cm³/mol. The molecule has 0 aromatic carbocycles. The van der Waals surface area contributed by atoms with Gasteiger partial charge < -0.3 is 15.5 Å². The number of amides is 5. The summed E-state index contributed by atoms with van der Waals surface area (Å²) in [5.74, 6) is -0.179. The van der Waals surface area contributed by atoms with Crippen LogP contribution in [0, 0.1) is 18.8 Å². The van der Waals surface area contributed by atoms with Crippen LogP contribution in [0.2, 0.25) is 0 Å². The molecule has 0 unspecified atom stereocenters. The summed E-state index contributed by atoms with van der Waals surface area (Å²) in [5.41, 5.74) is 0.0360. The van der Waals surface area contributed by atoms with Crippen LogP contribution < -0.4 is 10.6 Å². The van der Waals surface area contributed by atoms with Gasteiger partial charge in [-0.1, -0.05) is 13.3 Å². The van der Waals surface area contributed by atoms with Crippen LogP contribution in [-0.2, 0) is 14.4 Å². The summed E-state index contributed by atoms with van der Waals surface area (Å²) in [7, 11) is 0. The Morgan fingerprint density at radius 3 is 2.50 bits per heavy atom. The second-order valence-electron chi connectivity index (χ2n) is 9.19. The first kappa shape index (κ1) is 22.7. The summed E-state index contributed by atoms with van der Waals surface area (Å²) in [5, 5.41) is 8.19. The third kappa shape index (κ3) is 4.51. The van der Waals surface area contributed by atoms with Gasteiger partial charge in [-0.05, 0) is 51.4 Å². The van der Waals surface area contributed by atoms with Gasteiger partial charge in [0, 0.05) is 24.4 Å². The molecule has 3 aliphatic rings. The number of urea groups is 1. The molecule has 1 aliphatic carbocycles. The Balaban J connectivity index is 1.28. The molecule has 4 rings (SSSR count). The third-order valence-electron chi connectivity index (χ3n) is 7.14. The fourth-order valence-corrected chi connectivity index (χ4v) is 5.67. The van der Waals surface area contributed by atoms with Gasteiger partial charge in [0.1, 0.15) is 12.1 Å². The lowest BCUT2D eigenvalue weighted by Gasteiger charge is -2.35. The van der Waals surface area contributed by atoms with E-state index >= 15 is 0 Å². The van der Waals surface area contributed by atoms with Crippen molar-refractivity contribution >= 4 is 40.2 Å². The predicted octanol–water partition coefficient (Wildman–Crippen LogP) is 2.52. The quantitative estimate of drug-likeness (QED) is 0.655. The second-order valence-corrected chi connectivity index (χ2v) is 10.1. The van der Waals surface area contributed by atoms with E-state index in [1.807, 2.05) is 12.3 Å². The minimum Gasteiger partial charge on any atom is -0.341 e. The number of imide groups is 1. The number of rotatable bonds is 5. The molecule has 5 amide bonds. The first-order valence-electron chi connectivity index (χ1n) is 11.5. The van der Waals surface area contributed by atoms with Gasteiger partial charge in [-0.15, -0.1) is 11.3 Å². The van der Waals surface area contributed by atoms with E-state index in [-0.39, 0.29) is 30.2 Å². The summed E-state index contributed by atoms with van der Waals surface area (Å²) in [4.78, 5) is 57.8. The number of nitrogens with zero attached hydrogens (tertiary/aromatic N) is 3. The van der Waals surface area contributed by atoms with Crippen molar-refractivity contribution in [2.75, 3.05) is 25.0 Å². The molecule has 1 aromatic heterocycles. The van der Waals surface area contributed by atoms with Crippen LogP contribution in [0.5, 0.6) is 0 Å². The summed E-state index contributed by atoms with van der Waals surface area (Å²) in [6.45, 7) is 4.65. The number of thiazole rings is 1. The molecular weight excluding hydrogens is 430 g/mol. The van der Waals surface area contributed by atoms with E-state index in [9.17, 15) is 19.2 Å². The topological polar surface area (TPSA) is 112 Å². The molecule has 174 valence electrons. The Bertz CT molecular complexity index is 900. The minimum absolute atomic E-state index is 0.0785. The molecule has 0 atom stereocenters. The maximum Gasteiger partial charge on any atom is 0.325 e. The summed E-state index contributed by atoms with van der Waals surface area (Å²) in [6.07, 6.45) is 5.29.